The van der Waals surface area contributed by atoms with E-state index in [9.17, 15) is 9.59 Å². The van der Waals surface area contributed by atoms with Crippen LogP contribution >= 0.6 is 0 Å². The topological polar surface area (TPSA) is 52.6 Å². The number of rotatable bonds is 14. The predicted molar refractivity (Wildman–Crippen MR) is 97.7 cm³/mol. The molecule has 4 heteroatoms. The highest BCUT2D eigenvalue weighted by Gasteiger charge is 2.03. The third kappa shape index (κ3) is 17.0. The molecule has 0 aromatic rings. The molecule has 0 aliphatic rings. The van der Waals surface area contributed by atoms with Gasteiger partial charge in [-0.15, -0.1) is 0 Å². The molecule has 140 valence electrons. The van der Waals surface area contributed by atoms with Crippen LogP contribution in [-0.4, -0.2) is 24.6 Å². The van der Waals surface area contributed by atoms with Crippen molar-refractivity contribution in [3.63, 3.8) is 0 Å². The fraction of sp³-hybridized carbons (Fsp3) is 0.800. The average Bonchev–Trinajstić information content (AvgIpc) is 2.49. The van der Waals surface area contributed by atoms with Crippen molar-refractivity contribution in [2.24, 2.45) is 5.92 Å². The Morgan fingerprint density at radius 2 is 1.25 bits per heavy atom. The molecule has 0 rings (SSSR count). The maximum absolute atomic E-state index is 11.4. The van der Waals surface area contributed by atoms with Gasteiger partial charge in [0.25, 0.3) is 0 Å². The Labute approximate surface area is 148 Å². The molecular weight excluding hydrogens is 304 g/mol. The summed E-state index contributed by atoms with van der Waals surface area (Å²) in [5.41, 5.74) is 0. The van der Waals surface area contributed by atoms with Crippen LogP contribution < -0.4 is 0 Å². The van der Waals surface area contributed by atoms with Crippen LogP contribution in [0.5, 0.6) is 0 Å². The second-order valence-corrected chi connectivity index (χ2v) is 7.00. The van der Waals surface area contributed by atoms with Crippen LogP contribution in [0, 0.1) is 5.92 Å². The van der Waals surface area contributed by atoms with Gasteiger partial charge in [-0.25, -0.2) is 9.59 Å². The maximum Gasteiger partial charge on any atom is 0.331 e. The van der Waals surface area contributed by atoms with E-state index in [1.807, 2.05) is 0 Å². The highest BCUT2D eigenvalue weighted by atomic mass is 16.5. The molecule has 0 saturated heterocycles. The molecule has 0 aliphatic heterocycles. The SMILES string of the molecule is CC(C)CCCCCCCCCCOC(=O)C=CC(=O)OC(C)C. The van der Waals surface area contributed by atoms with Gasteiger partial charge in [-0.2, -0.15) is 0 Å². The molecule has 0 fully saturated rings. The van der Waals surface area contributed by atoms with Crippen LogP contribution in [0.1, 0.15) is 85.5 Å². The summed E-state index contributed by atoms with van der Waals surface area (Å²) in [6.45, 7) is 8.49. The van der Waals surface area contributed by atoms with Crippen molar-refractivity contribution in [2.75, 3.05) is 6.61 Å². The Morgan fingerprint density at radius 1 is 0.750 bits per heavy atom. The molecule has 0 atom stereocenters. The summed E-state index contributed by atoms with van der Waals surface area (Å²) >= 11 is 0. The minimum atomic E-state index is -0.518. The molecule has 0 aromatic heterocycles. The number of carbonyl (C=O) groups is 2. The van der Waals surface area contributed by atoms with E-state index in [1.165, 1.54) is 44.9 Å². The Balaban J connectivity index is 3.39. The van der Waals surface area contributed by atoms with Crippen molar-refractivity contribution >= 4 is 11.9 Å². The Kier molecular flexibility index (Phi) is 14.4. The highest BCUT2D eigenvalue weighted by molar-refractivity contribution is 5.91. The lowest BCUT2D eigenvalue weighted by atomic mass is 10.0. The molecule has 0 amide bonds. The number of hydrogen-bond acceptors (Lipinski definition) is 4. The van der Waals surface area contributed by atoms with Crippen molar-refractivity contribution in [3.05, 3.63) is 12.2 Å². The van der Waals surface area contributed by atoms with Crippen LogP contribution in [0.4, 0.5) is 0 Å². The minimum absolute atomic E-state index is 0.187. The fourth-order valence-corrected chi connectivity index (χ4v) is 2.34. The van der Waals surface area contributed by atoms with Gasteiger partial charge in [0.15, 0.2) is 0 Å². The van der Waals surface area contributed by atoms with Gasteiger partial charge in [-0.3, -0.25) is 0 Å². The summed E-state index contributed by atoms with van der Waals surface area (Å²) in [6, 6.07) is 0. The van der Waals surface area contributed by atoms with Gasteiger partial charge in [0.2, 0.25) is 0 Å². The zero-order valence-corrected chi connectivity index (χ0v) is 16.0. The molecule has 0 unspecified atom stereocenters. The molecule has 0 spiro atoms. The lowest BCUT2D eigenvalue weighted by Gasteiger charge is -2.05. The second-order valence-electron chi connectivity index (χ2n) is 7.00. The first-order valence-electron chi connectivity index (χ1n) is 9.47. The fourth-order valence-electron chi connectivity index (χ4n) is 2.34. The molecule has 0 bridgehead atoms. The smallest absolute Gasteiger partial charge is 0.331 e. The van der Waals surface area contributed by atoms with E-state index in [0.717, 1.165) is 30.9 Å². The van der Waals surface area contributed by atoms with Crippen LogP contribution in [0.25, 0.3) is 0 Å². The molecule has 0 aliphatic carbocycles. The summed E-state index contributed by atoms with van der Waals surface area (Å²) in [7, 11) is 0. The normalized spacial score (nSPS) is 11.4. The van der Waals surface area contributed by atoms with E-state index >= 15 is 0 Å². The molecule has 0 N–H and O–H groups in total. The van der Waals surface area contributed by atoms with Crippen molar-refractivity contribution in [1.82, 2.24) is 0 Å². The number of ether oxygens (including phenoxy) is 2. The van der Waals surface area contributed by atoms with Crippen molar-refractivity contribution in [1.29, 1.82) is 0 Å². The van der Waals surface area contributed by atoms with Crippen molar-refractivity contribution < 1.29 is 19.1 Å². The summed E-state index contributed by atoms with van der Waals surface area (Å²) < 4.78 is 9.93. The van der Waals surface area contributed by atoms with E-state index in [1.54, 1.807) is 13.8 Å². The molecule has 4 nitrogen and oxygen atoms in total. The van der Waals surface area contributed by atoms with Gasteiger partial charge in [-0.1, -0.05) is 65.2 Å². The monoisotopic (exact) mass is 340 g/mol. The standard InChI is InChI=1S/C20H36O4/c1-17(2)13-11-9-7-5-6-8-10-12-16-23-19(21)14-15-20(22)24-18(3)4/h14-15,17-18H,5-13,16H2,1-4H3. The quantitative estimate of drug-likeness (QED) is 0.248. The summed E-state index contributed by atoms with van der Waals surface area (Å²) in [5.74, 6) is -0.181. The first kappa shape index (κ1) is 22.7. The number of carbonyl (C=O) groups excluding carboxylic acids is 2. The maximum atomic E-state index is 11.4. The van der Waals surface area contributed by atoms with E-state index in [-0.39, 0.29) is 6.10 Å². The van der Waals surface area contributed by atoms with Crippen LogP contribution in [0.3, 0.4) is 0 Å². The number of esters is 2. The van der Waals surface area contributed by atoms with Crippen molar-refractivity contribution in [2.45, 2.75) is 91.6 Å². The number of hydrogen-bond donors (Lipinski definition) is 0. The van der Waals surface area contributed by atoms with Gasteiger partial charge in [0.1, 0.15) is 0 Å². The lowest BCUT2D eigenvalue weighted by Crippen LogP contribution is -2.09. The van der Waals surface area contributed by atoms with E-state index in [2.05, 4.69) is 13.8 Å². The molecule has 0 aromatic carbocycles. The van der Waals surface area contributed by atoms with Gasteiger partial charge >= 0.3 is 11.9 Å². The predicted octanol–water partition coefficient (Wildman–Crippen LogP) is 5.20. The van der Waals surface area contributed by atoms with Crippen molar-refractivity contribution in [3.8, 4) is 0 Å². The average molecular weight is 341 g/mol. The second kappa shape index (κ2) is 15.2. The Morgan fingerprint density at radius 3 is 1.79 bits per heavy atom. The molecule has 0 saturated carbocycles. The van der Waals surface area contributed by atoms with Crippen LogP contribution in [0.2, 0.25) is 0 Å². The number of unbranched alkanes of at least 4 members (excludes halogenated alkanes) is 7. The molecule has 0 radical (unpaired) electrons. The van der Waals surface area contributed by atoms with E-state index < -0.39 is 11.9 Å². The molecule has 24 heavy (non-hydrogen) atoms. The van der Waals surface area contributed by atoms with Gasteiger partial charge in [-0.05, 0) is 26.2 Å². The summed E-state index contributed by atoms with van der Waals surface area (Å²) in [5, 5.41) is 0. The van der Waals surface area contributed by atoms with Crippen LogP contribution in [-0.2, 0) is 19.1 Å². The lowest BCUT2D eigenvalue weighted by molar-refractivity contribution is -0.142. The molecule has 0 heterocycles. The molecular formula is C20H36O4. The summed E-state index contributed by atoms with van der Waals surface area (Å²) in [4.78, 5) is 22.6. The first-order valence-corrected chi connectivity index (χ1v) is 9.47. The third-order valence-electron chi connectivity index (χ3n) is 3.63. The van der Waals surface area contributed by atoms with E-state index in [0.29, 0.717) is 6.61 Å². The minimum Gasteiger partial charge on any atom is -0.463 e. The zero-order valence-electron chi connectivity index (χ0n) is 16.0. The highest BCUT2D eigenvalue weighted by Crippen LogP contribution is 2.12. The Hall–Kier alpha value is -1.32. The van der Waals surface area contributed by atoms with Crippen LogP contribution in [0.15, 0.2) is 12.2 Å². The van der Waals surface area contributed by atoms with Gasteiger partial charge in [0, 0.05) is 12.2 Å². The third-order valence-corrected chi connectivity index (χ3v) is 3.63. The summed E-state index contributed by atoms with van der Waals surface area (Å²) in [6.07, 6.45) is 13.1. The Bertz CT molecular complexity index is 359. The zero-order chi connectivity index (χ0) is 18.2. The first-order chi connectivity index (χ1) is 11.4. The largest absolute Gasteiger partial charge is 0.463 e. The van der Waals surface area contributed by atoms with Gasteiger partial charge < -0.3 is 9.47 Å². The van der Waals surface area contributed by atoms with Gasteiger partial charge in [0.05, 0.1) is 12.7 Å². The van der Waals surface area contributed by atoms with E-state index in [4.69, 9.17) is 9.47 Å².